The summed E-state index contributed by atoms with van der Waals surface area (Å²) in [4.78, 5) is 37.7. The second kappa shape index (κ2) is 13.2. The minimum atomic E-state index is -1.26. The van der Waals surface area contributed by atoms with Crippen LogP contribution in [0.15, 0.2) is 12.2 Å². The third kappa shape index (κ3) is 9.35. The summed E-state index contributed by atoms with van der Waals surface area (Å²) in [5.74, 6) is -1.29. The molecule has 2 aliphatic rings. The van der Waals surface area contributed by atoms with Crippen molar-refractivity contribution < 1.29 is 34.1 Å². The summed E-state index contributed by atoms with van der Waals surface area (Å²) in [6.07, 6.45) is 5.07. The zero-order valence-electron chi connectivity index (χ0n) is 20.9. The molecule has 0 bridgehead atoms. The fourth-order valence-corrected chi connectivity index (χ4v) is 4.30. The van der Waals surface area contributed by atoms with Gasteiger partial charge in [0.1, 0.15) is 12.1 Å². The minimum Gasteiger partial charge on any atom is -0.460 e. The van der Waals surface area contributed by atoms with Crippen molar-refractivity contribution in [2.45, 2.75) is 103 Å². The van der Waals surface area contributed by atoms with E-state index in [9.17, 15) is 24.6 Å². The molecule has 1 aliphatic heterocycles. The van der Waals surface area contributed by atoms with Gasteiger partial charge in [-0.25, -0.2) is 0 Å². The van der Waals surface area contributed by atoms with E-state index < -0.39 is 36.4 Å². The van der Waals surface area contributed by atoms with Crippen LogP contribution >= 0.6 is 0 Å². The van der Waals surface area contributed by atoms with E-state index in [0.717, 1.165) is 32.1 Å². The van der Waals surface area contributed by atoms with Crippen LogP contribution < -0.4 is 10.6 Å². The number of nitrogens with one attached hydrogen (secondary N) is 2. The largest absolute Gasteiger partial charge is 0.460 e. The highest BCUT2D eigenvalue weighted by Gasteiger charge is 2.34. The number of allylic oxidation sites excluding steroid dienone is 1. The predicted molar refractivity (Wildman–Crippen MR) is 127 cm³/mol. The molecule has 194 valence electrons. The molecule has 0 unspecified atom stereocenters. The van der Waals surface area contributed by atoms with Gasteiger partial charge in [-0.05, 0) is 31.1 Å². The molecule has 2 fully saturated rings. The highest BCUT2D eigenvalue weighted by atomic mass is 16.5. The lowest BCUT2D eigenvalue weighted by molar-refractivity contribution is -0.155. The lowest BCUT2D eigenvalue weighted by Gasteiger charge is -2.24. The second-order valence-electron chi connectivity index (χ2n) is 10.5. The normalized spacial score (nSPS) is 25.2. The van der Waals surface area contributed by atoms with Crippen molar-refractivity contribution in [1.29, 1.82) is 0 Å². The van der Waals surface area contributed by atoms with Crippen LogP contribution in [0.2, 0.25) is 0 Å². The summed E-state index contributed by atoms with van der Waals surface area (Å²) in [7, 11) is 1.29. The second-order valence-corrected chi connectivity index (χ2v) is 10.5. The van der Waals surface area contributed by atoms with E-state index in [-0.39, 0.29) is 36.2 Å². The maximum atomic E-state index is 12.7. The molecule has 4 N–H and O–H groups in total. The minimum absolute atomic E-state index is 0.0688. The number of carbonyl (C=O) groups excluding carboxylic acids is 3. The topological polar surface area (TPSA) is 134 Å². The summed E-state index contributed by atoms with van der Waals surface area (Å²) >= 11 is 0. The Bertz CT molecular complexity index is 713. The van der Waals surface area contributed by atoms with E-state index in [2.05, 4.69) is 10.6 Å². The molecule has 34 heavy (non-hydrogen) atoms. The van der Waals surface area contributed by atoms with Crippen LogP contribution in [-0.2, 0) is 23.9 Å². The quantitative estimate of drug-likeness (QED) is 0.290. The molecular weight excluding hydrogens is 440 g/mol. The molecule has 1 saturated carbocycles. The van der Waals surface area contributed by atoms with Crippen molar-refractivity contribution >= 4 is 17.8 Å². The Morgan fingerprint density at radius 2 is 1.82 bits per heavy atom. The van der Waals surface area contributed by atoms with Gasteiger partial charge in [-0.2, -0.15) is 0 Å². The van der Waals surface area contributed by atoms with Crippen molar-refractivity contribution in [3.8, 4) is 0 Å². The molecule has 0 spiro atoms. The third-order valence-electron chi connectivity index (χ3n) is 6.30. The van der Waals surface area contributed by atoms with E-state index in [1.165, 1.54) is 7.11 Å². The van der Waals surface area contributed by atoms with Crippen LogP contribution in [0.4, 0.5) is 0 Å². The standard InChI is InChI=1S/C25H42N2O7/c1-25(2,3)13-12-17(28)14-20(29)21(33-4)23(31)27-19-11-10-18(15-26-22(19)30)34-24(32)16-8-6-5-7-9-16/h12-13,16-21,28-29H,5-11,14-15H2,1-4H3,(H,26,30)(H,27,31)/b13-12+/t17-,18-,19+,20-,21-/m1/s1. The first-order valence-electron chi connectivity index (χ1n) is 12.4. The van der Waals surface area contributed by atoms with E-state index in [1.54, 1.807) is 6.08 Å². The number of rotatable bonds is 9. The highest BCUT2D eigenvalue weighted by molar-refractivity contribution is 5.89. The summed E-state index contributed by atoms with van der Waals surface area (Å²) < 4.78 is 10.8. The van der Waals surface area contributed by atoms with Gasteiger partial charge in [0.25, 0.3) is 5.91 Å². The number of methoxy groups -OCH3 is 1. The van der Waals surface area contributed by atoms with Gasteiger partial charge in [0, 0.05) is 13.5 Å². The molecule has 1 heterocycles. The smallest absolute Gasteiger partial charge is 0.309 e. The van der Waals surface area contributed by atoms with E-state index >= 15 is 0 Å². The molecule has 0 radical (unpaired) electrons. The summed E-state index contributed by atoms with van der Waals surface area (Å²) in [5.41, 5.74) is -0.126. The van der Waals surface area contributed by atoms with Gasteiger partial charge in [-0.1, -0.05) is 52.2 Å². The summed E-state index contributed by atoms with van der Waals surface area (Å²) in [5, 5.41) is 26.0. The fourth-order valence-electron chi connectivity index (χ4n) is 4.30. The first kappa shape index (κ1) is 28.3. The molecule has 2 amide bonds. The van der Waals surface area contributed by atoms with E-state index in [4.69, 9.17) is 9.47 Å². The van der Waals surface area contributed by atoms with Gasteiger partial charge in [-0.15, -0.1) is 0 Å². The third-order valence-corrected chi connectivity index (χ3v) is 6.30. The van der Waals surface area contributed by atoms with Crippen molar-refractivity contribution in [3.63, 3.8) is 0 Å². The zero-order chi connectivity index (χ0) is 25.3. The van der Waals surface area contributed by atoms with Crippen molar-refractivity contribution in [2.24, 2.45) is 11.3 Å². The molecule has 0 aromatic heterocycles. The molecule has 9 heteroatoms. The van der Waals surface area contributed by atoms with Crippen LogP contribution in [0.3, 0.4) is 0 Å². The van der Waals surface area contributed by atoms with Gasteiger partial charge in [0.15, 0.2) is 6.10 Å². The van der Waals surface area contributed by atoms with Crippen LogP contribution in [0, 0.1) is 11.3 Å². The SMILES string of the molecule is CO[C@@H](C(=O)N[C@H]1CC[C@@H](OC(=O)C2CCCCC2)CNC1=O)[C@H](O)C[C@H](O)/C=C/C(C)(C)C. The molecule has 2 rings (SSSR count). The number of hydrogen-bond donors (Lipinski definition) is 4. The average Bonchev–Trinajstić information content (AvgIpc) is 2.94. The number of hydrogen-bond acceptors (Lipinski definition) is 7. The van der Waals surface area contributed by atoms with Gasteiger partial charge >= 0.3 is 5.97 Å². The number of esters is 1. The Kier molecular flexibility index (Phi) is 11.0. The first-order valence-corrected chi connectivity index (χ1v) is 12.4. The Labute approximate surface area is 202 Å². The molecule has 9 nitrogen and oxygen atoms in total. The molecule has 0 aromatic rings. The summed E-state index contributed by atoms with van der Waals surface area (Å²) in [6, 6.07) is -0.832. The van der Waals surface area contributed by atoms with Crippen molar-refractivity contribution in [3.05, 3.63) is 12.2 Å². The lowest BCUT2D eigenvalue weighted by atomic mass is 9.89. The number of aliphatic hydroxyl groups excluding tert-OH is 2. The van der Waals surface area contributed by atoms with Crippen molar-refractivity contribution in [2.75, 3.05) is 13.7 Å². The Morgan fingerprint density at radius 3 is 2.44 bits per heavy atom. The van der Waals surface area contributed by atoms with Crippen LogP contribution in [0.25, 0.3) is 0 Å². The van der Waals surface area contributed by atoms with Gasteiger partial charge < -0.3 is 30.3 Å². The van der Waals surface area contributed by atoms with Gasteiger partial charge in [0.05, 0.1) is 24.7 Å². The Hall–Kier alpha value is -1.97. The molecule has 5 atom stereocenters. The van der Waals surface area contributed by atoms with Crippen molar-refractivity contribution in [1.82, 2.24) is 10.6 Å². The summed E-state index contributed by atoms with van der Waals surface area (Å²) in [6.45, 7) is 6.15. The highest BCUT2D eigenvalue weighted by Crippen LogP contribution is 2.25. The lowest BCUT2D eigenvalue weighted by Crippen LogP contribution is -2.52. The molecular formula is C25H42N2O7. The van der Waals surface area contributed by atoms with E-state index in [1.807, 2.05) is 26.8 Å². The van der Waals surface area contributed by atoms with E-state index in [0.29, 0.717) is 12.8 Å². The molecule has 1 aliphatic carbocycles. The number of ether oxygens (including phenoxy) is 2. The number of aliphatic hydroxyl groups is 2. The predicted octanol–water partition coefficient (Wildman–Crippen LogP) is 1.60. The van der Waals surface area contributed by atoms with Crippen LogP contribution in [0.5, 0.6) is 0 Å². The monoisotopic (exact) mass is 482 g/mol. The molecule has 1 saturated heterocycles. The first-order chi connectivity index (χ1) is 16.0. The average molecular weight is 483 g/mol. The number of carbonyl (C=O) groups is 3. The van der Waals surface area contributed by atoms with Gasteiger partial charge in [-0.3, -0.25) is 14.4 Å². The Balaban J connectivity index is 1.87. The maximum absolute atomic E-state index is 12.7. The van der Waals surface area contributed by atoms with Crippen LogP contribution in [0.1, 0.15) is 72.1 Å². The Morgan fingerprint density at radius 1 is 1.15 bits per heavy atom. The number of amides is 2. The molecule has 0 aromatic carbocycles. The fraction of sp³-hybridized carbons (Fsp3) is 0.800. The maximum Gasteiger partial charge on any atom is 0.309 e. The van der Waals surface area contributed by atoms with Crippen LogP contribution in [-0.4, -0.2) is 72.1 Å². The zero-order valence-corrected chi connectivity index (χ0v) is 20.9. The van der Waals surface area contributed by atoms with Gasteiger partial charge in [0.2, 0.25) is 5.91 Å².